The number of nitrogens with one attached hydrogen (secondary N) is 2. The third-order valence-electron chi connectivity index (χ3n) is 3.12. The van der Waals surface area contributed by atoms with Crippen molar-refractivity contribution in [2.45, 2.75) is 40.2 Å². The highest BCUT2D eigenvalue weighted by Gasteiger charge is 2.19. The van der Waals surface area contributed by atoms with Gasteiger partial charge >= 0.3 is 6.09 Å². The summed E-state index contributed by atoms with van der Waals surface area (Å²) in [5, 5.41) is 10.3. The van der Waals surface area contributed by atoms with Crippen molar-refractivity contribution >= 4 is 11.8 Å². The fourth-order valence-corrected chi connectivity index (χ4v) is 1.83. The maximum absolute atomic E-state index is 11.7. The van der Waals surface area contributed by atoms with Crippen LogP contribution in [0.4, 0.5) is 10.5 Å². The van der Waals surface area contributed by atoms with Gasteiger partial charge in [0.15, 0.2) is 0 Å². The lowest BCUT2D eigenvalue weighted by Gasteiger charge is -2.24. The zero-order valence-corrected chi connectivity index (χ0v) is 13.9. The van der Waals surface area contributed by atoms with Gasteiger partial charge in [0.25, 0.3) is 0 Å². The SMILES string of the molecule is CC(C)C(CNC(=O)OC(C)(C)C)CNc1cnn(C)c1. The molecule has 1 unspecified atom stereocenters. The molecule has 1 atom stereocenters. The highest BCUT2D eigenvalue weighted by atomic mass is 16.6. The van der Waals surface area contributed by atoms with Crippen LogP contribution in [0.5, 0.6) is 0 Å². The predicted octanol–water partition coefficient (Wildman–Crippen LogP) is 2.63. The summed E-state index contributed by atoms with van der Waals surface area (Å²) in [4.78, 5) is 11.7. The van der Waals surface area contributed by atoms with Crippen LogP contribution in [0.3, 0.4) is 0 Å². The minimum atomic E-state index is -0.467. The molecule has 0 aliphatic heterocycles. The van der Waals surface area contributed by atoms with E-state index in [1.54, 1.807) is 10.9 Å². The van der Waals surface area contributed by atoms with Crippen LogP contribution in [0.2, 0.25) is 0 Å². The summed E-state index contributed by atoms with van der Waals surface area (Å²) in [7, 11) is 1.88. The van der Waals surface area contributed by atoms with Gasteiger partial charge < -0.3 is 15.4 Å². The summed E-state index contributed by atoms with van der Waals surface area (Å²) >= 11 is 0. The number of anilines is 1. The molecule has 0 saturated carbocycles. The van der Waals surface area contributed by atoms with E-state index in [-0.39, 0.29) is 6.09 Å². The molecule has 0 spiro atoms. The van der Waals surface area contributed by atoms with Crippen molar-refractivity contribution in [1.82, 2.24) is 15.1 Å². The van der Waals surface area contributed by atoms with E-state index in [4.69, 9.17) is 4.74 Å². The summed E-state index contributed by atoms with van der Waals surface area (Å²) in [5.74, 6) is 0.766. The molecule has 1 heterocycles. The van der Waals surface area contributed by atoms with Gasteiger partial charge in [0.1, 0.15) is 5.60 Å². The molecule has 0 bridgehead atoms. The Labute approximate surface area is 127 Å². The molecule has 0 aliphatic rings. The molecule has 0 radical (unpaired) electrons. The Kier molecular flexibility index (Phi) is 6.05. The number of amides is 1. The molecule has 2 N–H and O–H groups in total. The molecule has 1 aromatic rings. The molecule has 6 heteroatoms. The third kappa shape index (κ3) is 7.02. The Balaban J connectivity index is 2.41. The molecule has 1 aromatic heterocycles. The van der Waals surface area contributed by atoms with E-state index in [1.165, 1.54) is 0 Å². The van der Waals surface area contributed by atoms with Crippen LogP contribution in [-0.2, 0) is 11.8 Å². The number of aromatic nitrogens is 2. The Morgan fingerprint density at radius 3 is 2.52 bits per heavy atom. The van der Waals surface area contributed by atoms with Crippen molar-refractivity contribution in [3.63, 3.8) is 0 Å². The molecule has 0 aromatic carbocycles. The number of hydrogen-bond donors (Lipinski definition) is 2. The molecular weight excluding hydrogens is 268 g/mol. The minimum Gasteiger partial charge on any atom is -0.444 e. The Morgan fingerprint density at radius 2 is 2.05 bits per heavy atom. The largest absolute Gasteiger partial charge is 0.444 e. The predicted molar refractivity (Wildman–Crippen MR) is 84.3 cm³/mol. The number of carbonyl (C=O) groups excluding carboxylic acids is 1. The molecule has 1 rings (SSSR count). The lowest BCUT2D eigenvalue weighted by molar-refractivity contribution is 0.0516. The third-order valence-corrected chi connectivity index (χ3v) is 3.12. The van der Waals surface area contributed by atoms with Crippen LogP contribution in [-0.4, -0.2) is 34.6 Å². The van der Waals surface area contributed by atoms with Gasteiger partial charge in [-0.05, 0) is 32.6 Å². The van der Waals surface area contributed by atoms with Crippen molar-refractivity contribution in [3.05, 3.63) is 12.4 Å². The topological polar surface area (TPSA) is 68.2 Å². The van der Waals surface area contributed by atoms with Gasteiger partial charge in [-0.3, -0.25) is 4.68 Å². The van der Waals surface area contributed by atoms with E-state index in [1.807, 2.05) is 34.0 Å². The van der Waals surface area contributed by atoms with E-state index in [0.717, 1.165) is 12.2 Å². The van der Waals surface area contributed by atoms with Gasteiger partial charge in [-0.1, -0.05) is 13.8 Å². The number of carbonyl (C=O) groups is 1. The van der Waals surface area contributed by atoms with Crippen LogP contribution in [0.1, 0.15) is 34.6 Å². The van der Waals surface area contributed by atoms with Crippen LogP contribution in [0.25, 0.3) is 0 Å². The quantitative estimate of drug-likeness (QED) is 0.847. The number of nitrogens with zero attached hydrogens (tertiary/aromatic N) is 2. The number of alkyl carbamates (subject to hydrolysis) is 1. The maximum atomic E-state index is 11.7. The summed E-state index contributed by atoms with van der Waals surface area (Å²) in [6.07, 6.45) is 3.35. The highest BCUT2D eigenvalue weighted by Crippen LogP contribution is 2.13. The molecule has 0 fully saturated rings. The molecule has 21 heavy (non-hydrogen) atoms. The normalized spacial score (nSPS) is 13.1. The van der Waals surface area contributed by atoms with Crippen molar-refractivity contribution in [3.8, 4) is 0 Å². The van der Waals surface area contributed by atoms with Gasteiger partial charge in [0.2, 0.25) is 0 Å². The lowest BCUT2D eigenvalue weighted by atomic mass is 9.96. The second-order valence-corrected chi connectivity index (χ2v) is 6.67. The summed E-state index contributed by atoms with van der Waals surface area (Å²) in [6.45, 7) is 11.2. The first-order valence-corrected chi connectivity index (χ1v) is 7.36. The van der Waals surface area contributed by atoms with E-state index in [0.29, 0.717) is 18.4 Å². The monoisotopic (exact) mass is 296 g/mol. The second kappa shape index (κ2) is 7.33. The van der Waals surface area contributed by atoms with E-state index in [9.17, 15) is 4.79 Å². The van der Waals surface area contributed by atoms with Crippen LogP contribution in [0.15, 0.2) is 12.4 Å². The van der Waals surface area contributed by atoms with Crippen LogP contribution < -0.4 is 10.6 Å². The smallest absolute Gasteiger partial charge is 0.407 e. The van der Waals surface area contributed by atoms with Crippen molar-refractivity contribution in [2.24, 2.45) is 18.9 Å². The molecule has 6 nitrogen and oxygen atoms in total. The van der Waals surface area contributed by atoms with Crippen LogP contribution >= 0.6 is 0 Å². The average molecular weight is 296 g/mol. The van der Waals surface area contributed by atoms with Crippen molar-refractivity contribution in [1.29, 1.82) is 0 Å². The number of rotatable bonds is 6. The first kappa shape index (κ1) is 17.3. The summed E-state index contributed by atoms with van der Waals surface area (Å²) in [5.41, 5.74) is 0.520. The summed E-state index contributed by atoms with van der Waals surface area (Å²) < 4.78 is 7.01. The second-order valence-electron chi connectivity index (χ2n) is 6.67. The molecule has 120 valence electrons. The maximum Gasteiger partial charge on any atom is 0.407 e. The van der Waals surface area contributed by atoms with E-state index in [2.05, 4.69) is 29.6 Å². The van der Waals surface area contributed by atoms with E-state index >= 15 is 0 Å². The number of aryl methyl sites for hydroxylation is 1. The lowest BCUT2D eigenvalue weighted by Crippen LogP contribution is -2.38. The van der Waals surface area contributed by atoms with Crippen LogP contribution in [0, 0.1) is 11.8 Å². The zero-order valence-electron chi connectivity index (χ0n) is 13.9. The van der Waals surface area contributed by atoms with Gasteiger partial charge in [0, 0.05) is 26.3 Å². The Bertz CT molecular complexity index is 449. The first-order valence-electron chi connectivity index (χ1n) is 7.36. The highest BCUT2D eigenvalue weighted by molar-refractivity contribution is 5.67. The standard InChI is InChI=1S/C15H28N4O2/c1-11(2)12(7-16-13-9-18-19(6)10-13)8-17-14(20)21-15(3,4)5/h9-12,16H,7-8H2,1-6H3,(H,17,20). The summed E-state index contributed by atoms with van der Waals surface area (Å²) in [6, 6.07) is 0. The van der Waals surface area contributed by atoms with Gasteiger partial charge in [0.05, 0.1) is 11.9 Å². The number of ether oxygens (including phenoxy) is 1. The van der Waals surface area contributed by atoms with Gasteiger partial charge in [-0.15, -0.1) is 0 Å². The fraction of sp³-hybridized carbons (Fsp3) is 0.733. The number of hydrogen-bond acceptors (Lipinski definition) is 4. The molecule has 1 amide bonds. The average Bonchev–Trinajstić information content (AvgIpc) is 2.72. The Morgan fingerprint density at radius 1 is 1.38 bits per heavy atom. The van der Waals surface area contributed by atoms with Gasteiger partial charge in [-0.25, -0.2) is 4.79 Å². The zero-order chi connectivity index (χ0) is 16.0. The first-order chi connectivity index (χ1) is 9.67. The fourth-order valence-electron chi connectivity index (χ4n) is 1.83. The van der Waals surface area contributed by atoms with Crippen molar-refractivity contribution in [2.75, 3.05) is 18.4 Å². The molecule has 0 aliphatic carbocycles. The minimum absolute atomic E-state index is 0.317. The molecule has 0 saturated heterocycles. The molecular formula is C15H28N4O2. The van der Waals surface area contributed by atoms with Gasteiger partial charge in [-0.2, -0.15) is 5.10 Å². The van der Waals surface area contributed by atoms with Crippen molar-refractivity contribution < 1.29 is 9.53 Å². The Hall–Kier alpha value is -1.72. The van der Waals surface area contributed by atoms with E-state index < -0.39 is 5.60 Å².